The van der Waals surface area contributed by atoms with E-state index in [0.29, 0.717) is 23.5 Å². The van der Waals surface area contributed by atoms with Crippen molar-refractivity contribution in [2.24, 2.45) is 0 Å². The lowest BCUT2D eigenvalue weighted by atomic mass is 9.74. The summed E-state index contributed by atoms with van der Waals surface area (Å²) in [6.07, 6.45) is 16.3. The molecule has 240 valence electrons. The predicted molar refractivity (Wildman–Crippen MR) is 177 cm³/mol. The van der Waals surface area contributed by atoms with Crippen molar-refractivity contribution in [3.05, 3.63) is 59.4 Å². The summed E-state index contributed by atoms with van der Waals surface area (Å²) in [5.74, 6) is 1.03. The Balaban J connectivity index is 0.00000924. The molecule has 1 atom stereocenters. The molecule has 0 heterocycles. The van der Waals surface area contributed by atoms with Crippen LogP contribution in [0.2, 0.25) is 0 Å². The molecule has 5 nitrogen and oxygen atoms in total. The SMILES string of the molecule is CCCCCCCCCCCCC(C#N)(CCCN(C)CCCC(=O)c1ccc(F)cc1)c1ccc(OC)c(OC)c1.Cl. The molecule has 0 amide bonds. The number of benzene rings is 2. The van der Waals surface area contributed by atoms with Crippen LogP contribution in [0.3, 0.4) is 0 Å². The van der Waals surface area contributed by atoms with Gasteiger partial charge in [0.15, 0.2) is 17.3 Å². The summed E-state index contributed by atoms with van der Waals surface area (Å²) < 4.78 is 24.2. The second-order valence-corrected chi connectivity index (χ2v) is 11.6. The number of ketones is 1. The minimum absolute atomic E-state index is 0. The summed E-state index contributed by atoms with van der Waals surface area (Å²) >= 11 is 0. The fourth-order valence-electron chi connectivity index (χ4n) is 5.69. The molecule has 2 aromatic carbocycles. The fourth-order valence-corrected chi connectivity index (χ4v) is 5.69. The maximum absolute atomic E-state index is 13.1. The maximum atomic E-state index is 13.1. The van der Waals surface area contributed by atoms with E-state index in [2.05, 4.69) is 24.9 Å². The van der Waals surface area contributed by atoms with Gasteiger partial charge in [-0.25, -0.2) is 4.39 Å². The van der Waals surface area contributed by atoms with Gasteiger partial charge in [-0.3, -0.25) is 4.79 Å². The first kappa shape index (κ1) is 38.4. The Labute approximate surface area is 266 Å². The van der Waals surface area contributed by atoms with Crippen LogP contribution in [-0.4, -0.2) is 45.0 Å². The molecule has 7 heteroatoms. The molecule has 0 spiro atoms. The van der Waals surface area contributed by atoms with E-state index in [-0.39, 0.29) is 24.0 Å². The second kappa shape index (κ2) is 22.0. The van der Waals surface area contributed by atoms with Gasteiger partial charge < -0.3 is 14.4 Å². The Kier molecular flexibility index (Phi) is 19.6. The van der Waals surface area contributed by atoms with Crippen molar-refractivity contribution in [3.63, 3.8) is 0 Å². The number of Topliss-reactive ketones (excluding diaryl/α,β-unsaturated/α-hetero) is 1. The first-order valence-corrected chi connectivity index (χ1v) is 16.0. The third kappa shape index (κ3) is 13.7. The van der Waals surface area contributed by atoms with E-state index in [1.807, 2.05) is 18.2 Å². The lowest BCUT2D eigenvalue weighted by Crippen LogP contribution is -2.28. The van der Waals surface area contributed by atoms with Crippen LogP contribution in [0.1, 0.15) is 119 Å². The highest BCUT2D eigenvalue weighted by Crippen LogP contribution is 2.39. The molecule has 2 aromatic rings. The number of unbranched alkanes of at least 4 members (excludes halogenated alkanes) is 9. The standard InChI is InChI=1S/C36H53FN2O3.ClH/c1-5-6-7-8-9-10-11-12-13-14-24-36(29-38,31-20-23-34(41-3)35(28-31)42-4)25-16-27-39(2)26-15-17-33(40)30-18-21-32(37)22-19-30;/h18-23,28H,5-17,24-27H2,1-4H3;1H. The van der Waals surface area contributed by atoms with Gasteiger partial charge in [0.25, 0.3) is 0 Å². The Morgan fingerprint density at radius 2 is 1.37 bits per heavy atom. The third-order valence-electron chi connectivity index (χ3n) is 8.36. The average molecular weight is 617 g/mol. The average Bonchev–Trinajstić information content (AvgIpc) is 3.01. The maximum Gasteiger partial charge on any atom is 0.162 e. The van der Waals surface area contributed by atoms with Crippen molar-refractivity contribution in [3.8, 4) is 17.6 Å². The molecule has 0 saturated heterocycles. The molecular formula is C36H54ClFN2O3. The molecule has 0 aliphatic carbocycles. The van der Waals surface area contributed by atoms with Crippen molar-refractivity contribution in [1.29, 1.82) is 5.26 Å². The topological polar surface area (TPSA) is 62.6 Å². The van der Waals surface area contributed by atoms with Crippen molar-refractivity contribution < 1.29 is 18.7 Å². The van der Waals surface area contributed by atoms with Gasteiger partial charge in [-0.05, 0) is 87.8 Å². The van der Waals surface area contributed by atoms with E-state index in [1.54, 1.807) is 26.4 Å². The Hall–Kier alpha value is -2.62. The monoisotopic (exact) mass is 616 g/mol. The third-order valence-corrected chi connectivity index (χ3v) is 8.36. The molecule has 43 heavy (non-hydrogen) atoms. The van der Waals surface area contributed by atoms with Crippen LogP contribution in [0.5, 0.6) is 11.5 Å². The Morgan fingerprint density at radius 1 is 0.814 bits per heavy atom. The normalized spacial score (nSPS) is 12.3. The lowest BCUT2D eigenvalue weighted by molar-refractivity contribution is 0.0976. The van der Waals surface area contributed by atoms with Gasteiger partial charge in [-0.15, -0.1) is 12.4 Å². The van der Waals surface area contributed by atoms with Gasteiger partial charge in [0, 0.05) is 12.0 Å². The van der Waals surface area contributed by atoms with Gasteiger partial charge >= 0.3 is 0 Å². The highest BCUT2D eigenvalue weighted by Gasteiger charge is 2.32. The predicted octanol–water partition coefficient (Wildman–Crippen LogP) is 9.71. The minimum Gasteiger partial charge on any atom is -0.493 e. The van der Waals surface area contributed by atoms with Crippen molar-refractivity contribution in [2.45, 2.75) is 109 Å². The van der Waals surface area contributed by atoms with Crippen molar-refractivity contribution >= 4 is 18.2 Å². The number of nitriles is 1. The zero-order chi connectivity index (χ0) is 30.6. The second-order valence-electron chi connectivity index (χ2n) is 11.6. The molecule has 0 bridgehead atoms. The van der Waals surface area contributed by atoms with E-state index in [4.69, 9.17) is 9.47 Å². The molecule has 2 rings (SSSR count). The molecule has 0 N–H and O–H groups in total. The summed E-state index contributed by atoms with van der Waals surface area (Å²) in [6.45, 7) is 3.89. The van der Waals surface area contributed by atoms with Crippen LogP contribution in [0.25, 0.3) is 0 Å². The number of hydrogen-bond acceptors (Lipinski definition) is 5. The van der Waals surface area contributed by atoms with Gasteiger partial charge in [-0.1, -0.05) is 77.2 Å². The van der Waals surface area contributed by atoms with Crippen LogP contribution in [0.4, 0.5) is 4.39 Å². The van der Waals surface area contributed by atoms with E-state index in [9.17, 15) is 14.4 Å². The van der Waals surface area contributed by atoms with Crippen molar-refractivity contribution in [1.82, 2.24) is 4.90 Å². The number of halogens is 2. The molecule has 0 fully saturated rings. The first-order chi connectivity index (χ1) is 20.4. The van der Waals surface area contributed by atoms with Crippen LogP contribution >= 0.6 is 12.4 Å². The van der Waals surface area contributed by atoms with Crippen LogP contribution in [0.15, 0.2) is 42.5 Å². The number of carbonyl (C=O) groups excluding carboxylic acids is 1. The summed E-state index contributed by atoms with van der Waals surface area (Å²) in [4.78, 5) is 14.6. The number of hydrogen-bond donors (Lipinski definition) is 0. The minimum atomic E-state index is -0.584. The summed E-state index contributed by atoms with van der Waals surface area (Å²) in [5.41, 5.74) is 0.963. The molecule has 0 aliphatic rings. The van der Waals surface area contributed by atoms with Crippen molar-refractivity contribution in [2.75, 3.05) is 34.4 Å². The van der Waals surface area contributed by atoms with Gasteiger partial charge in [0.1, 0.15) is 5.82 Å². The highest BCUT2D eigenvalue weighted by molar-refractivity contribution is 5.95. The van der Waals surface area contributed by atoms with Gasteiger partial charge in [0.05, 0.1) is 25.7 Å². The fraction of sp³-hybridized carbons (Fsp3) is 0.611. The van der Waals surface area contributed by atoms with Gasteiger partial charge in [0.2, 0.25) is 0 Å². The molecule has 0 saturated carbocycles. The quantitative estimate of drug-likeness (QED) is 0.0918. The van der Waals surface area contributed by atoms with Crippen LogP contribution in [-0.2, 0) is 5.41 Å². The first-order valence-electron chi connectivity index (χ1n) is 16.0. The molecule has 1 unspecified atom stereocenters. The van der Waals surface area contributed by atoms with Crippen LogP contribution in [0, 0.1) is 17.1 Å². The van der Waals surface area contributed by atoms with E-state index >= 15 is 0 Å². The smallest absolute Gasteiger partial charge is 0.162 e. The zero-order valence-electron chi connectivity index (χ0n) is 27.0. The number of methoxy groups -OCH3 is 2. The number of carbonyl (C=O) groups is 1. The van der Waals surface area contributed by atoms with Crippen LogP contribution < -0.4 is 9.47 Å². The van der Waals surface area contributed by atoms with E-state index in [1.165, 1.54) is 63.5 Å². The summed E-state index contributed by atoms with van der Waals surface area (Å²) in [7, 11) is 5.32. The molecule has 0 aliphatic heterocycles. The summed E-state index contributed by atoms with van der Waals surface area (Å²) in [5, 5.41) is 10.6. The lowest BCUT2D eigenvalue weighted by Gasteiger charge is -2.29. The van der Waals surface area contributed by atoms with Gasteiger partial charge in [-0.2, -0.15) is 5.26 Å². The van der Waals surface area contributed by atoms with E-state index in [0.717, 1.165) is 57.2 Å². The number of nitrogens with zero attached hydrogens (tertiary/aromatic N) is 2. The Morgan fingerprint density at radius 3 is 1.95 bits per heavy atom. The van der Waals surface area contributed by atoms with E-state index < -0.39 is 5.41 Å². The molecule has 0 aromatic heterocycles. The highest BCUT2D eigenvalue weighted by atomic mass is 35.5. The molecular weight excluding hydrogens is 563 g/mol. The number of ether oxygens (including phenoxy) is 2. The zero-order valence-corrected chi connectivity index (χ0v) is 27.8. The Bertz CT molecular complexity index is 1090. The molecule has 0 radical (unpaired) electrons. The largest absolute Gasteiger partial charge is 0.493 e. The summed E-state index contributed by atoms with van der Waals surface area (Å²) in [6, 6.07) is 14.4. The number of rotatable bonds is 23.